The predicted molar refractivity (Wildman–Crippen MR) is 137 cm³/mol. The SMILES string of the molecule is Cc1cc(C(=O)c2ccc(Cl)cc2)nc2c1c(=O)cc(Nc1ccccc1)n2-c1ccccc1. The molecule has 0 aliphatic rings. The van der Waals surface area contributed by atoms with Crippen LogP contribution in [0.4, 0.5) is 11.5 Å². The summed E-state index contributed by atoms with van der Waals surface area (Å²) < 4.78 is 1.87. The maximum Gasteiger partial charge on any atom is 0.211 e. The first-order chi connectivity index (χ1) is 16.5. The fraction of sp³-hybridized carbons (Fsp3) is 0.0357. The minimum atomic E-state index is -0.241. The van der Waals surface area contributed by atoms with Crippen molar-refractivity contribution < 1.29 is 4.79 Å². The van der Waals surface area contributed by atoms with E-state index in [9.17, 15) is 9.59 Å². The zero-order valence-electron chi connectivity index (χ0n) is 18.3. The quantitative estimate of drug-likeness (QED) is 0.308. The van der Waals surface area contributed by atoms with E-state index in [0.717, 1.165) is 11.4 Å². The Morgan fingerprint density at radius 1 is 0.882 bits per heavy atom. The summed E-state index contributed by atoms with van der Waals surface area (Å²) in [6.45, 7) is 1.82. The Labute approximate surface area is 201 Å². The summed E-state index contributed by atoms with van der Waals surface area (Å²) in [5.74, 6) is 0.313. The van der Waals surface area contributed by atoms with Crippen LogP contribution in [0.2, 0.25) is 5.02 Å². The number of rotatable bonds is 5. The molecule has 1 N–H and O–H groups in total. The fourth-order valence-electron chi connectivity index (χ4n) is 3.96. The van der Waals surface area contributed by atoms with Gasteiger partial charge in [0.05, 0.1) is 5.39 Å². The van der Waals surface area contributed by atoms with Crippen molar-refractivity contribution in [2.75, 3.05) is 5.32 Å². The average Bonchev–Trinajstić information content (AvgIpc) is 2.85. The molecule has 0 saturated heterocycles. The molecular formula is C28H20ClN3O2. The van der Waals surface area contributed by atoms with Gasteiger partial charge < -0.3 is 5.32 Å². The predicted octanol–water partition coefficient (Wildman–Crippen LogP) is 6.32. The summed E-state index contributed by atoms with van der Waals surface area (Å²) in [6.07, 6.45) is 0. The zero-order chi connectivity index (χ0) is 23.7. The van der Waals surface area contributed by atoms with Gasteiger partial charge in [-0.05, 0) is 67.1 Å². The molecule has 0 unspecified atom stereocenters. The van der Waals surface area contributed by atoms with Crippen molar-refractivity contribution in [3.63, 3.8) is 0 Å². The van der Waals surface area contributed by atoms with Gasteiger partial charge in [0.2, 0.25) is 5.78 Å². The molecular weight excluding hydrogens is 446 g/mol. The van der Waals surface area contributed by atoms with Gasteiger partial charge in [0, 0.05) is 28.0 Å². The first-order valence-corrected chi connectivity index (χ1v) is 11.1. The van der Waals surface area contributed by atoms with Crippen LogP contribution >= 0.6 is 11.6 Å². The van der Waals surface area contributed by atoms with E-state index in [2.05, 4.69) is 5.32 Å². The van der Waals surface area contributed by atoms with Gasteiger partial charge in [-0.25, -0.2) is 4.98 Å². The number of nitrogens with one attached hydrogen (secondary N) is 1. The van der Waals surface area contributed by atoms with E-state index in [1.165, 1.54) is 0 Å². The van der Waals surface area contributed by atoms with Crippen LogP contribution in [0.5, 0.6) is 0 Å². The summed E-state index contributed by atoms with van der Waals surface area (Å²) >= 11 is 5.98. The van der Waals surface area contributed by atoms with E-state index in [1.807, 2.05) is 72.2 Å². The molecule has 5 rings (SSSR count). The highest BCUT2D eigenvalue weighted by molar-refractivity contribution is 6.30. The number of nitrogens with zero attached hydrogens (tertiary/aromatic N) is 2. The summed E-state index contributed by atoms with van der Waals surface area (Å²) in [4.78, 5) is 31.2. The minimum absolute atomic E-state index is 0.170. The Bertz CT molecular complexity index is 1560. The first kappa shape index (κ1) is 21.6. The maximum absolute atomic E-state index is 13.3. The molecule has 0 aliphatic heterocycles. The lowest BCUT2D eigenvalue weighted by Crippen LogP contribution is -2.16. The first-order valence-electron chi connectivity index (χ1n) is 10.8. The molecule has 5 nitrogen and oxygen atoms in total. The number of pyridine rings is 2. The normalized spacial score (nSPS) is 10.9. The average molecular weight is 466 g/mol. The summed E-state index contributed by atoms with van der Waals surface area (Å²) in [5.41, 5.74) is 3.30. The number of carbonyl (C=O) groups excluding carboxylic acids is 1. The van der Waals surface area contributed by atoms with Crippen molar-refractivity contribution in [3.8, 4) is 5.69 Å². The van der Waals surface area contributed by atoms with Gasteiger partial charge in [-0.2, -0.15) is 0 Å². The van der Waals surface area contributed by atoms with Crippen molar-refractivity contribution >= 4 is 39.9 Å². The van der Waals surface area contributed by atoms with E-state index >= 15 is 0 Å². The van der Waals surface area contributed by atoms with Crippen LogP contribution in [0.25, 0.3) is 16.7 Å². The second-order valence-corrected chi connectivity index (χ2v) is 8.35. The van der Waals surface area contributed by atoms with Gasteiger partial charge in [0.25, 0.3) is 0 Å². The highest BCUT2D eigenvalue weighted by Gasteiger charge is 2.19. The number of hydrogen-bond acceptors (Lipinski definition) is 4. The maximum atomic E-state index is 13.3. The third-order valence-corrected chi connectivity index (χ3v) is 5.82. The van der Waals surface area contributed by atoms with Crippen molar-refractivity contribution in [3.05, 3.63) is 129 Å². The Hall–Kier alpha value is -4.22. The molecule has 0 spiro atoms. The number of aromatic nitrogens is 2. The van der Waals surface area contributed by atoms with Crippen LogP contribution in [-0.2, 0) is 0 Å². The number of para-hydroxylation sites is 2. The smallest absolute Gasteiger partial charge is 0.211 e. The van der Waals surface area contributed by atoms with Gasteiger partial charge >= 0.3 is 0 Å². The van der Waals surface area contributed by atoms with Crippen molar-refractivity contribution in [2.45, 2.75) is 6.92 Å². The second-order valence-electron chi connectivity index (χ2n) is 7.91. The third-order valence-electron chi connectivity index (χ3n) is 5.56. The number of halogens is 1. The number of ketones is 1. The number of benzene rings is 3. The van der Waals surface area contributed by atoms with Crippen LogP contribution in [0.15, 0.2) is 102 Å². The van der Waals surface area contributed by atoms with E-state index in [1.54, 1.807) is 36.4 Å². The van der Waals surface area contributed by atoms with Crippen molar-refractivity contribution in [1.29, 1.82) is 0 Å². The topological polar surface area (TPSA) is 64.0 Å². The highest BCUT2D eigenvalue weighted by atomic mass is 35.5. The molecule has 0 saturated carbocycles. The summed E-state index contributed by atoms with van der Waals surface area (Å²) in [7, 11) is 0. The Balaban J connectivity index is 1.77. The van der Waals surface area contributed by atoms with Crippen LogP contribution in [0.1, 0.15) is 21.6 Å². The minimum Gasteiger partial charge on any atom is -0.341 e. The lowest BCUT2D eigenvalue weighted by molar-refractivity contribution is 0.103. The van der Waals surface area contributed by atoms with E-state index in [4.69, 9.17) is 16.6 Å². The van der Waals surface area contributed by atoms with Gasteiger partial charge in [-0.15, -0.1) is 0 Å². The highest BCUT2D eigenvalue weighted by Crippen LogP contribution is 2.26. The molecule has 3 aromatic carbocycles. The van der Waals surface area contributed by atoms with E-state index in [-0.39, 0.29) is 16.9 Å². The van der Waals surface area contributed by atoms with Gasteiger partial charge in [-0.3, -0.25) is 14.2 Å². The fourth-order valence-corrected chi connectivity index (χ4v) is 4.09. The number of fused-ring (bicyclic) bond motifs is 1. The van der Waals surface area contributed by atoms with Crippen molar-refractivity contribution in [2.24, 2.45) is 0 Å². The second kappa shape index (κ2) is 8.96. The Kier molecular flexibility index (Phi) is 5.70. The summed E-state index contributed by atoms with van der Waals surface area (Å²) in [5, 5.41) is 4.35. The van der Waals surface area contributed by atoms with Crippen molar-refractivity contribution in [1.82, 2.24) is 9.55 Å². The van der Waals surface area contributed by atoms with Crippen LogP contribution in [0.3, 0.4) is 0 Å². The molecule has 2 aromatic heterocycles. The number of carbonyl (C=O) groups is 1. The molecule has 0 aliphatic carbocycles. The Morgan fingerprint density at radius 3 is 2.21 bits per heavy atom. The standard InChI is InChI=1S/C28H20ClN3O2/c1-18-16-23(27(34)19-12-14-20(29)15-13-19)31-28-26(18)24(33)17-25(30-21-8-4-2-5-9-21)32(28)22-10-6-3-7-11-22/h2-17,30H,1H3. The molecule has 0 fully saturated rings. The zero-order valence-corrected chi connectivity index (χ0v) is 19.1. The molecule has 0 atom stereocenters. The van der Waals surface area contributed by atoms with Crippen LogP contribution in [-0.4, -0.2) is 15.3 Å². The lowest BCUT2D eigenvalue weighted by atomic mass is 10.0. The Morgan fingerprint density at radius 2 is 1.53 bits per heavy atom. The number of hydrogen-bond donors (Lipinski definition) is 1. The molecule has 0 amide bonds. The van der Waals surface area contributed by atoms with E-state index in [0.29, 0.717) is 33.0 Å². The number of anilines is 2. The van der Waals surface area contributed by atoms with Crippen LogP contribution in [0, 0.1) is 6.92 Å². The molecule has 34 heavy (non-hydrogen) atoms. The number of aryl methyl sites for hydroxylation is 1. The van der Waals surface area contributed by atoms with E-state index < -0.39 is 0 Å². The molecule has 0 bridgehead atoms. The molecule has 6 heteroatoms. The largest absolute Gasteiger partial charge is 0.341 e. The lowest BCUT2D eigenvalue weighted by Gasteiger charge is -2.19. The molecule has 2 heterocycles. The van der Waals surface area contributed by atoms with Gasteiger partial charge in [0.15, 0.2) is 11.1 Å². The van der Waals surface area contributed by atoms with Gasteiger partial charge in [0.1, 0.15) is 11.5 Å². The third kappa shape index (κ3) is 4.09. The summed E-state index contributed by atoms with van der Waals surface area (Å²) in [6, 6.07) is 29.1. The monoisotopic (exact) mass is 465 g/mol. The molecule has 5 aromatic rings. The van der Waals surface area contributed by atoms with Crippen LogP contribution < -0.4 is 10.7 Å². The molecule has 166 valence electrons. The molecule has 0 radical (unpaired) electrons. The van der Waals surface area contributed by atoms with Gasteiger partial charge in [-0.1, -0.05) is 48.0 Å².